The van der Waals surface area contributed by atoms with Gasteiger partial charge >= 0.3 is 0 Å². The maximum atomic E-state index is 12.2. The Hall–Kier alpha value is -3.64. The van der Waals surface area contributed by atoms with Crippen molar-refractivity contribution in [2.75, 3.05) is 11.9 Å². The van der Waals surface area contributed by atoms with Crippen molar-refractivity contribution in [2.45, 2.75) is 6.92 Å². The van der Waals surface area contributed by atoms with Crippen molar-refractivity contribution in [3.63, 3.8) is 0 Å². The van der Waals surface area contributed by atoms with E-state index in [1.54, 1.807) is 24.3 Å². The lowest BCUT2D eigenvalue weighted by atomic mass is 10.2. The van der Waals surface area contributed by atoms with Gasteiger partial charge in [-0.2, -0.15) is 4.98 Å². The van der Waals surface area contributed by atoms with Gasteiger partial charge < -0.3 is 14.6 Å². The lowest BCUT2D eigenvalue weighted by Gasteiger charge is -2.09. The van der Waals surface area contributed by atoms with Crippen LogP contribution in [0.2, 0.25) is 5.02 Å². The molecule has 4 rings (SSSR count). The van der Waals surface area contributed by atoms with Crippen molar-refractivity contribution in [3.05, 3.63) is 83.4 Å². The molecule has 0 fully saturated rings. The largest absolute Gasteiger partial charge is 0.484 e. The van der Waals surface area contributed by atoms with E-state index in [4.69, 9.17) is 20.9 Å². The summed E-state index contributed by atoms with van der Waals surface area (Å²) in [5.74, 6) is 1.02. The van der Waals surface area contributed by atoms with Gasteiger partial charge in [-0.05, 0) is 42.8 Å². The molecule has 150 valence electrons. The van der Waals surface area contributed by atoms with Crippen LogP contribution < -0.4 is 10.1 Å². The van der Waals surface area contributed by atoms with Crippen LogP contribution in [0.25, 0.3) is 22.8 Å². The van der Waals surface area contributed by atoms with E-state index in [0.717, 1.165) is 11.3 Å². The van der Waals surface area contributed by atoms with E-state index in [1.807, 2.05) is 55.5 Å². The van der Waals surface area contributed by atoms with Gasteiger partial charge in [-0.3, -0.25) is 4.79 Å². The molecule has 1 N–H and O–H groups in total. The van der Waals surface area contributed by atoms with Gasteiger partial charge in [-0.1, -0.05) is 59.2 Å². The normalized spacial score (nSPS) is 10.6. The zero-order chi connectivity index (χ0) is 20.9. The van der Waals surface area contributed by atoms with E-state index >= 15 is 0 Å². The number of hydrogen-bond donors (Lipinski definition) is 1. The summed E-state index contributed by atoms with van der Waals surface area (Å²) in [6.45, 7) is 1.82. The fourth-order valence-electron chi connectivity index (χ4n) is 2.86. The number of ether oxygens (including phenoxy) is 1. The molecule has 7 heteroatoms. The monoisotopic (exact) mass is 419 g/mol. The molecule has 0 unspecified atom stereocenters. The number of hydrogen-bond acceptors (Lipinski definition) is 5. The van der Waals surface area contributed by atoms with Gasteiger partial charge in [0.15, 0.2) is 6.61 Å². The van der Waals surface area contributed by atoms with E-state index < -0.39 is 0 Å². The second kappa shape index (κ2) is 8.80. The molecule has 0 radical (unpaired) electrons. The standard InChI is InChI=1S/C23H18ClN3O3/c1-15-7-2-5-12-20(15)25-21(28)14-29-17-9-6-8-16(13-17)22-26-23(30-27-22)18-10-3-4-11-19(18)24/h2-13H,14H2,1H3,(H,25,28). The second-order valence-corrected chi connectivity index (χ2v) is 6.99. The molecule has 30 heavy (non-hydrogen) atoms. The van der Waals surface area contributed by atoms with Crippen LogP contribution in [-0.2, 0) is 4.79 Å². The van der Waals surface area contributed by atoms with Crippen LogP contribution in [0.3, 0.4) is 0 Å². The highest BCUT2D eigenvalue weighted by atomic mass is 35.5. The molecule has 6 nitrogen and oxygen atoms in total. The number of carbonyl (C=O) groups excluding carboxylic acids is 1. The molecule has 1 aromatic heterocycles. The third kappa shape index (κ3) is 4.50. The van der Waals surface area contributed by atoms with Crippen LogP contribution in [0.15, 0.2) is 77.3 Å². The molecule has 1 heterocycles. The number of benzene rings is 3. The molecule has 0 saturated carbocycles. The van der Waals surface area contributed by atoms with Gasteiger partial charge in [0.2, 0.25) is 5.82 Å². The van der Waals surface area contributed by atoms with E-state index in [0.29, 0.717) is 33.6 Å². The highest BCUT2D eigenvalue weighted by Gasteiger charge is 2.14. The average molecular weight is 420 g/mol. The van der Waals surface area contributed by atoms with Gasteiger partial charge in [0.05, 0.1) is 10.6 Å². The number of amides is 1. The van der Waals surface area contributed by atoms with E-state index in [2.05, 4.69) is 15.5 Å². The highest BCUT2D eigenvalue weighted by molar-refractivity contribution is 6.33. The lowest BCUT2D eigenvalue weighted by molar-refractivity contribution is -0.118. The Balaban J connectivity index is 1.44. The topological polar surface area (TPSA) is 77.2 Å². The minimum atomic E-state index is -0.240. The number of anilines is 1. The Morgan fingerprint density at radius 1 is 1.07 bits per heavy atom. The summed E-state index contributed by atoms with van der Waals surface area (Å²) in [5.41, 5.74) is 3.12. The predicted molar refractivity (Wildman–Crippen MR) is 115 cm³/mol. The van der Waals surface area contributed by atoms with Crippen molar-refractivity contribution < 1.29 is 14.1 Å². The number of nitrogens with one attached hydrogen (secondary N) is 1. The molecule has 0 saturated heterocycles. The first kappa shape index (κ1) is 19.7. The summed E-state index contributed by atoms with van der Waals surface area (Å²) >= 11 is 6.19. The maximum absolute atomic E-state index is 12.2. The number of nitrogens with zero attached hydrogens (tertiary/aromatic N) is 2. The van der Waals surface area contributed by atoms with Crippen LogP contribution in [0.5, 0.6) is 5.75 Å². The zero-order valence-electron chi connectivity index (χ0n) is 16.1. The zero-order valence-corrected chi connectivity index (χ0v) is 16.9. The van der Waals surface area contributed by atoms with Gasteiger partial charge in [-0.25, -0.2) is 0 Å². The molecule has 4 aromatic rings. The quantitative estimate of drug-likeness (QED) is 0.453. The first-order chi connectivity index (χ1) is 14.6. The van der Waals surface area contributed by atoms with Crippen molar-refractivity contribution in [3.8, 4) is 28.6 Å². The molecule has 3 aromatic carbocycles. The van der Waals surface area contributed by atoms with E-state index in [9.17, 15) is 4.79 Å². The van der Waals surface area contributed by atoms with Crippen LogP contribution in [0, 0.1) is 6.92 Å². The smallest absolute Gasteiger partial charge is 0.262 e. The average Bonchev–Trinajstić information content (AvgIpc) is 3.25. The summed E-state index contributed by atoms with van der Waals surface area (Å²) < 4.78 is 11.0. The molecule has 0 spiro atoms. The number of para-hydroxylation sites is 1. The van der Waals surface area contributed by atoms with Gasteiger partial charge in [0, 0.05) is 11.3 Å². The minimum Gasteiger partial charge on any atom is -0.484 e. The molecule has 0 atom stereocenters. The van der Waals surface area contributed by atoms with Crippen LogP contribution in [0.1, 0.15) is 5.56 Å². The van der Waals surface area contributed by atoms with Crippen molar-refractivity contribution in [1.82, 2.24) is 10.1 Å². The molecule has 0 aliphatic rings. The molecule has 1 amide bonds. The van der Waals surface area contributed by atoms with Crippen LogP contribution >= 0.6 is 11.6 Å². The third-order valence-corrected chi connectivity index (χ3v) is 4.74. The molecule has 0 aliphatic carbocycles. The summed E-state index contributed by atoms with van der Waals surface area (Å²) in [6, 6.07) is 22.0. The van der Waals surface area contributed by atoms with Gasteiger partial charge in [-0.15, -0.1) is 0 Å². The third-order valence-electron chi connectivity index (χ3n) is 4.41. The van der Waals surface area contributed by atoms with Gasteiger partial charge in [0.1, 0.15) is 5.75 Å². The Bertz CT molecular complexity index is 1190. The Morgan fingerprint density at radius 3 is 2.70 bits per heavy atom. The fourth-order valence-corrected chi connectivity index (χ4v) is 3.07. The summed E-state index contributed by atoms with van der Waals surface area (Å²) in [5, 5.41) is 7.40. The Kier molecular flexibility index (Phi) is 5.77. The Morgan fingerprint density at radius 2 is 1.87 bits per heavy atom. The first-order valence-corrected chi connectivity index (χ1v) is 9.65. The number of carbonyl (C=O) groups is 1. The van der Waals surface area contributed by atoms with Crippen molar-refractivity contribution in [2.24, 2.45) is 0 Å². The van der Waals surface area contributed by atoms with E-state index in [1.165, 1.54) is 0 Å². The molecular formula is C23H18ClN3O3. The molecule has 0 aliphatic heterocycles. The minimum absolute atomic E-state index is 0.116. The van der Waals surface area contributed by atoms with Crippen LogP contribution in [-0.4, -0.2) is 22.7 Å². The second-order valence-electron chi connectivity index (χ2n) is 6.58. The summed E-state index contributed by atoms with van der Waals surface area (Å²) in [6.07, 6.45) is 0. The molecular weight excluding hydrogens is 402 g/mol. The van der Waals surface area contributed by atoms with Crippen molar-refractivity contribution >= 4 is 23.2 Å². The highest BCUT2D eigenvalue weighted by Crippen LogP contribution is 2.29. The van der Waals surface area contributed by atoms with Gasteiger partial charge in [0.25, 0.3) is 11.8 Å². The number of aromatic nitrogens is 2. The SMILES string of the molecule is Cc1ccccc1NC(=O)COc1cccc(-c2noc(-c3ccccc3Cl)n2)c1. The number of aryl methyl sites for hydroxylation is 1. The Labute approximate surface area is 178 Å². The number of rotatable bonds is 6. The fraction of sp³-hybridized carbons (Fsp3) is 0.0870. The summed E-state index contributed by atoms with van der Waals surface area (Å²) in [7, 11) is 0. The number of halogens is 1. The maximum Gasteiger partial charge on any atom is 0.262 e. The first-order valence-electron chi connectivity index (χ1n) is 9.27. The van der Waals surface area contributed by atoms with Crippen LogP contribution in [0.4, 0.5) is 5.69 Å². The van der Waals surface area contributed by atoms with Crippen molar-refractivity contribution in [1.29, 1.82) is 0 Å². The lowest BCUT2D eigenvalue weighted by Crippen LogP contribution is -2.20. The molecule has 0 bridgehead atoms. The summed E-state index contributed by atoms with van der Waals surface area (Å²) in [4.78, 5) is 16.6. The predicted octanol–water partition coefficient (Wildman–Crippen LogP) is 5.38. The van der Waals surface area contributed by atoms with E-state index in [-0.39, 0.29) is 12.5 Å².